The first kappa shape index (κ1) is 25.8. The van der Waals surface area contributed by atoms with E-state index in [9.17, 15) is 24.9 Å². The molecular formula is C23H35N3O6. The van der Waals surface area contributed by atoms with E-state index in [1.165, 1.54) is 18.1 Å². The van der Waals surface area contributed by atoms with Crippen LogP contribution in [0.5, 0.6) is 0 Å². The van der Waals surface area contributed by atoms with E-state index in [1.54, 1.807) is 13.1 Å². The van der Waals surface area contributed by atoms with Gasteiger partial charge in [0, 0.05) is 27.7 Å². The average molecular weight is 450 g/mol. The number of fused-ring (bicyclic) bond motifs is 1. The van der Waals surface area contributed by atoms with Crippen molar-refractivity contribution < 1.29 is 29.6 Å². The topological polar surface area (TPSA) is 123 Å². The molecule has 178 valence electrons. The van der Waals surface area contributed by atoms with Crippen molar-refractivity contribution in [3.63, 3.8) is 0 Å². The summed E-state index contributed by atoms with van der Waals surface area (Å²) >= 11 is 0. The van der Waals surface area contributed by atoms with Gasteiger partial charge in [0.05, 0.1) is 11.4 Å². The molecule has 0 saturated heterocycles. The van der Waals surface area contributed by atoms with Crippen LogP contribution in [-0.2, 0) is 14.3 Å². The fourth-order valence-electron chi connectivity index (χ4n) is 3.52. The minimum Gasteiger partial charge on any atom is -0.387 e. The maximum absolute atomic E-state index is 13.0. The van der Waals surface area contributed by atoms with E-state index in [-0.39, 0.29) is 17.9 Å². The molecule has 1 heterocycles. The highest BCUT2D eigenvalue weighted by molar-refractivity contribution is 6.03. The molecule has 9 nitrogen and oxygen atoms in total. The highest BCUT2D eigenvalue weighted by Crippen LogP contribution is 2.30. The summed E-state index contributed by atoms with van der Waals surface area (Å²) in [5.41, 5.74) is 1.32. The van der Waals surface area contributed by atoms with Gasteiger partial charge in [-0.15, -0.1) is 0 Å². The molecule has 0 unspecified atom stereocenters. The first-order chi connectivity index (χ1) is 14.9. The Hall–Kier alpha value is -2.46. The monoisotopic (exact) mass is 449 g/mol. The Morgan fingerprint density at radius 1 is 1.16 bits per heavy atom. The molecule has 0 aliphatic carbocycles. The molecule has 0 saturated carbocycles. The largest absolute Gasteiger partial charge is 0.387 e. The molecule has 0 fully saturated rings. The van der Waals surface area contributed by atoms with Crippen LogP contribution in [0.3, 0.4) is 0 Å². The van der Waals surface area contributed by atoms with Crippen molar-refractivity contribution in [3.8, 4) is 0 Å². The number of carbonyl (C=O) groups is 2. The van der Waals surface area contributed by atoms with Crippen molar-refractivity contribution >= 4 is 23.2 Å². The number of likely N-dealkylation sites (N-methyl/N-ethyl adjacent to an activating group) is 2. The first-order valence-corrected chi connectivity index (χ1v) is 10.5. The lowest BCUT2D eigenvalue weighted by atomic mass is 9.94. The Bertz CT molecular complexity index is 837. The number of nitrogens with one attached hydrogen (secondary N) is 1. The third kappa shape index (κ3) is 6.07. The Morgan fingerprint density at radius 2 is 1.75 bits per heavy atom. The fourth-order valence-corrected chi connectivity index (χ4v) is 3.52. The zero-order valence-electron chi connectivity index (χ0n) is 19.5. The third-order valence-electron chi connectivity index (χ3n) is 5.37. The number of methoxy groups -OCH3 is 1. The number of para-hydroxylation sites is 2. The van der Waals surface area contributed by atoms with Crippen LogP contribution in [0.4, 0.5) is 11.4 Å². The number of anilines is 2. The van der Waals surface area contributed by atoms with Gasteiger partial charge in [0.25, 0.3) is 11.8 Å². The van der Waals surface area contributed by atoms with E-state index in [2.05, 4.69) is 5.32 Å². The number of carbonyl (C=O) groups excluding carboxylic acids is 2. The lowest BCUT2D eigenvalue weighted by Gasteiger charge is -2.29. The van der Waals surface area contributed by atoms with Crippen molar-refractivity contribution in [2.24, 2.45) is 5.41 Å². The van der Waals surface area contributed by atoms with Crippen LogP contribution < -0.4 is 15.1 Å². The van der Waals surface area contributed by atoms with Gasteiger partial charge >= 0.3 is 0 Å². The Morgan fingerprint density at radius 3 is 2.31 bits per heavy atom. The molecule has 0 bridgehead atoms. The number of amides is 2. The van der Waals surface area contributed by atoms with Crippen LogP contribution in [0.1, 0.15) is 20.8 Å². The SMILES string of the molecule is CO[C@@H](C(=O)N[C@H]1CN(C)c2ccccc2N(C)C1=O)[C@H](O)[C@@H](O)[C@H](O)C=CC(C)(C)C. The number of hydrogen-bond donors (Lipinski definition) is 4. The second-order valence-electron chi connectivity index (χ2n) is 9.18. The second kappa shape index (κ2) is 10.4. The van der Waals surface area contributed by atoms with Crippen LogP contribution in [0, 0.1) is 5.41 Å². The zero-order chi connectivity index (χ0) is 24.2. The molecule has 4 N–H and O–H groups in total. The smallest absolute Gasteiger partial charge is 0.252 e. The number of nitrogens with zero attached hydrogens (tertiary/aromatic N) is 2. The molecule has 0 aromatic heterocycles. The third-order valence-corrected chi connectivity index (χ3v) is 5.37. The van der Waals surface area contributed by atoms with Gasteiger partial charge < -0.3 is 35.2 Å². The average Bonchev–Trinajstić information content (AvgIpc) is 2.82. The normalized spacial score (nSPS) is 21.0. The van der Waals surface area contributed by atoms with Crippen molar-refractivity contribution in [1.82, 2.24) is 5.32 Å². The minimum atomic E-state index is -1.71. The predicted molar refractivity (Wildman–Crippen MR) is 122 cm³/mol. The lowest BCUT2D eigenvalue weighted by Crippen LogP contribution is -2.57. The van der Waals surface area contributed by atoms with Crippen LogP contribution in [0.2, 0.25) is 0 Å². The lowest BCUT2D eigenvalue weighted by molar-refractivity contribution is -0.150. The molecule has 9 heteroatoms. The van der Waals surface area contributed by atoms with Crippen molar-refractivity contribution in [2.45, 2.75) is 51.2 Å². The summed E-state index contributed by atoms with van der Waals surface area (Å²) in [6.07, 6.45) is -3.20. The number of aliphatic hydroxyl groups excluding tert-OH is 3. The van der Waals surface area contributed by atoms with Gasteiger partial charge in [-0.1, -0.05) is 45.1 Å². The summed E-state index contributed by atoms with van der Waals surface area (Å²) < 4.78 is 5.12. The van der Waals surface area contributed by atoms with E-state index in [1.807, 2.05) is 57.0 Å². The molecule has 0 spiro atoms. The van der Waals surface area contributed by atoms with Gasteiger partial charge in [0.2, 0.25) is 0 Å². The van der Waals surface area contributed by atoms with Crippen LogP contribution in [0.15, 0.2) is 36.4 Å². The van der Waals surface area contributed by atoms with E-state index >= 15 is 0 Å². The zero-order valence-corrected chi connectivity index (χ0v) is 19.5. The predicted octanol–water partition coefficient (Wildman–Crippen LogP) is 0.284. The number of benzene rings is 1. The minimum absolute atomic E-state index is 0.206. The van der Waals surface area contributed by atoms with Gasteiger partial charge in [-0.2, -0.15) is 0 Å². The van der Waals surface area contributed by atoms with Gasteiger partial charge in [0.15, 0.2) is 6.10 Å². The number of ether oxygens (including phenoxy) is 1. The maximum Gasteiger partial charge on any atom is 0.252 e. The molecule has 32 heavy (non-hydrogen) atoms. The summed E-state index contributed by atoms with van der Waals surface area (Å²) in [7, 11) is 4.65. The summed E-state index contributed by atoms with van der Waals surface area (Å²) in [5, 5.41) is 33.7. The van der Waals surface area contributed by atoms with Gasteiger partial charge in [0.1, 0.15) is 24.4 Å². The summed E-state index contributed by atoms with van der Waals surface area (Å²) in [4.78, 5) is 29.2. The molecule has 0 radical (unpaired) electrons. The Kier molecular flexibility index (Phi) is 8.41. The van der Waals surface area contributed by atoms with Crippen LogP contribution >= 0.6 is 0 Å². The highest BCUT2D eigenvalue weighted by Gasteiger charge is 2.38. The van der Waals surface area contributed by atoms with E-state index < -0.39 is 36.4 Å². The fraction of sp³-hybridized carbons (Fsp3) is 0.565. The standard InChI is InChI=1S/C23H35N3O6/c1-23(2,3)12-11-17(27)18(28)19(29)20(32-6)21(30)24-14-13-25(4)15-9-7-8-10-16(15)26(5)22(14)31/h7-12,14,17-20,27-29H,13H2,1-6H3,(H,24,30)/t14-,17+,18-,19+,20+/m0/s1. The second-order valence-corrected chi connectivity index (χ2v) is 9.18. The number of rotatable bonds is 7. The summed E-state index contributed by atoms with van der Waals surface area (Å²) in [6.45, 7) is 5.96. The molecule has 5 atom stereocenters. The van der Waals surface area contributed by atoms with Crippen molar-refractivity contribution in [3.05, 3.63) is 36.4 Å². The Labute approximate surface area is 189 Å². The molecule has 1 aliphatic rings. The summed E-state index contributed by atoms with van der Waals surface area (Å²) in [5.74, 6) is -1.09. The quantitative estimate of drug-likeness (QED) is 0.441. The first-order valence-electron chi connectivity index (χ1n) is 10.5. The van der Waals surface area contributed by atoms with E-state index in [0.717, 1.165) is 5.69 Å². The number of aliphatic hydroxyl groups is 3. The number of hydrogen-bond acceptors (Lipinski definition) is 7. The number of allylic oxidation sites excluding steroid dienone is 1. The van der Waals surface area contributed by atoms with Gasteiger partial charge in [-0.05, 0) is 17.5 Å². The molecular weight excluding hydrogens is 414 g/mol. The molecule has 1 aromatic rings. The molecule has 2 rings (SSSR count). The van der Waals surface area contributed by atoms with Crippen molar-refractivity contribution in [1.29, 1.82) is 0 Å². The molecule has 1 aromatic carbocycles. The molecule has 1 aliphatic heterocycles. The maximum atomic E-state index is 13.0. The molecule has 2 amide bonds. The highest BCUT2D eigenvalue weighted by atomic mass is 16.5. The van der Waals surface area contributed by atoms with Crippen molar-refractivity contribution in [2.75, 3.05) is 37.5 Å². The van der Waals surface area contributed by atoms with E-state index in [0.29, 0.717) is 5.69 Å². The van der Waals surface area contributed by atoms with Gasteiger partial charge in [-0.25, -0.2) is 0 Å². The Balaban J connectivity index is 2.14. The van der Waals surface area contributed by atoms with Crippen LogP contribution in [-0.4, -0.2) is 85.3 Å². The van der Waals surface area contributed by atoms with Gasteiger partial charge in [-0.3, -0.25) is 9.59 Å². The van der Waals surface area contributed by atoms with E-state index in [4.69, 9.17) is 4.74 Å². The summed E-state index contributed by atoms with van der Waals surface area (Å²) in [6, 6.07) is 6.49. The van der Waals surface area contributed by atoms with Crippen LogP contribution in [0.25, 0.3) is 0 Å².